The summed E-state index contributed by atoms with van der Waals surface area (Å²) >= 11 is 0. The van der Waals surface area contributed by atoms with Crippen LogP contribution >= 0.6 is 7.60 Å². The van der Waals surface area contributed by atoms with Gasteiger partial charge in [0.15, 0.2) is 0 Å². The molecular weight excluding hydrogens is 255 g/mol. The number of fused-ring (bicyclic) bond motifs is 1. The summed E-state index contributed by atoms with van der Waals surface area (Å²) in [7, 11) is -4.21. The average Bonchev–Trinajstić information content (AvgIpc) is 2.67. The van der Waals surface area contributed by atoms with Gasteiger partial charge in [-0.2, -0.15) is 5.06 Å². The number of nitrogens with one attached hydrogen (secondary N) is 1. The largest absolute Gasteiger partial charge is 0.361 e. The Morgan fingerprint density at radius 3 is 2.72 bits per heavy atom. The van der Waals surface area contributed by atoms with Crippen molar-refractivity contribution in [1.29, 1.82) is 0 Å². The number of hydrogen-bond donors (Lipinski definition) is 4. The molecule has 0 atom stereocenters. The van der Waals surface area contributed by atoms with Gasteiger partial charge in [0.25, 0.3) is 0 Å². The Balaban J connectivity index is 2.00. The monoisotopic (exact) mass is 270 g/mol. The van der Waals surface area contributed by atoms with Crippen molar-refractivity contribution in [3.63, 3.8) is 0 Å². The SMILES string of the molecule is O=P(O)(O)CN(O)CCc1c[nH]c2ccccc12. The summed E-state index contributed by atoms with van der Waals surface area (Å²) in [5.74, 6) is 0. The Labute approximate surface area is 104 Å². The second kappa shape index (κ2) is 5.22. The quantitative estimate of drug-likeness (QED) is 0.488. The van der Waals surface area contributed by atoms with Crippen LogP contribution in [0.25, 0.3) is 10.9 Å². The van der Waals surface area contributed by atoms with Crippen LogP contribution in [0, 0.1) is 0 Å². The molecular formula is C11H15N2O4P. The first kappa shape index (κ1) is 13.3. The lowest BCUT2D eigenvalue weighted by Crippen LogP contribution is -2.23. The highest BCUT2D eigenvalue weighted by atomic mass is 31.2. The van der Waals surface area contributed by atoms with E-state index in [-0.39, 0.29) is 6.54 Å². The second-order valence-corrected chi connectivity index (χ2v) is 5.76. The maximum atomic E-state index is 10.7. The van der Waals surface area contributed by atoms with Gasteiger partial charge in [0.2, 0.25) is 0 Å². The number of para-hydroxylation sites is 1. The molecule has 0 unspecified atom stereocenters. The van der Waals surface area contributed by atoms with Gasteiger partial charge in [0.1, 0.15) is 6.29 Å². The minimum Gasteiger partial charge on any atom is -0.361 e. The molecule has 98 valence electrons. The van der Waals surface area contributed by atoms with Gasteiger partial charge in [-0.3, -0.25) is 4.57 Å². The summed E-state index contributed by atoms with van der Waals surface area (Å²) in [6.07, 6.45) is 1.71. The number of aromatic amines is 1. The molecule has 1 aromatic heterocycles. The molecule has 0 fully saturated rings. The van der Waals surface area contributed by atoms with Crippen molar-refractivity contribution >= 4 is 18.5 Å². The van der Waals surface area contributed by atoms with E-state index >= 15 is 0 Å². The smallest absolute Gasteiger partial charge is 0.341 e. The summed E-state index contributed by atoms with van der Waals surface area (Å²) in [4.78, 5) is 20.5. The van der Waals surface area contributed by atoms with Crippen LogP contribution in [0.4, 0.5) is 0 Å². The minimum atomic E-state index is -4.21. The Morgan fingerprint density at radius 2 is 2.00 bits per heavy atom. The molecule has 0 amide bonds. The number of aromatic nitrogens is 1. The van der Waals surface area contributed by atoms with E-state index < -0.39 is 13.9 Å². The van der Waals surface area contributed by atoms with E-state index in [0.717, 1.165) is 16.5 Å². The maximum absolute atomic E-state index is 10.7. The Bertz CT molecular complexity index is 577. The fraction of sp³-hybridized carbons (Fsp3) is 0.273. The van der Waals surface area contributed by atoms with E-state index in [1.54, 1.807) is 0 Å². The maximum Gasteiger partial charge on any atom is 0.341 e. The molecule has 0 spiro atoms. The van der Waals surface area contributed by atoms with Gasteiger partial charge >= 0.3 is 7.60 Å². The van der Waals surface area contributed by atoms with E-state index in [9.17, 15) is 9.77 Å². The zero-order valence-corrected chi connectivity index (χ0v) is 10.5. The standard InChI is InChI=1S/C11H15N2O4P/c14-13(8-18(15,16)17)6-5-9-7-12-11-4-2-1-3-10(9)11/h1-4,7,12,14H,5-6,8H2,(H2,15,16,17). The summed E-state index contributed by atoms with van der Waals surface area (Å²) in [5.41, 5.74) is 2.02. The molecule has 0 aliphatic heterocycles. The van der Waals surface area contributed by atoms with Crippen LogP contribution in [0.1, 0.15) is 5.56 Å². The topological polar surface area (TPSA) is 96.8 Å². The lowest BCUT2D eigenvalue weighted by Gasteiger charge is -2.14. The normalized spacial score (nSPS) is 12.4. The predicted molar refractivity (Wildman–Crippen MR) is 67.4 cm³/mol. The van der Waals surface area contributed by atoms with Crippen molar-refractivity contribution in [3.8, 4) is 0 Å². The van der Waals surface area contributed by atoms with Crippen LogP contribution in [0.3, 0.4) is 0 Å². The number of hydrogen-bond acceptors (Lipinski definition) is 3. The first-order valence-corrected chi connectivity index (χ1v) is 7.29. The number of H-pyrrole nitrogens is 1. The van der Waals surface area contributed by atoms with Crippen LogP contribution in [0.2, 0.25) is 0 Å². The summed E-state index contributed by atoms with van der Waals surface area (Å²) < 4.78 is 10.7. The molecule has 18 heavy (non-hydrogen) atoms. The minimum absolute atomic E-state index is 0.174. The third-order valence-corrected chi connectivity index (χ3v) is 3.36. The van der Waals surface area contributed by atoms with Crippen molar-refractivity contribution in [3.05, 3.63) is 36.0 Å². The summed E-state index contributed by atoms with van der Waals surface area (Å²) in [6.45, 7) is 0.174. The van der Waals surface area contributed by atoms with Crippen molar-refractivity contribution in [2.75, 3.05) is 12.8 Å². The first-order valence-electron chi connectivity index (χ1n) is 5.49. The molecule has 2 rings (SSSR count). The van der Waals surface area contributed by atoms with Crippen LogP contribution in [-0.2, 0) is 11.0 Å². The molecule has 0 bridgehead atoms. The van der Waals surface area contributed by atoms with Crippen molar-refractivity contribution < 1.29 is 19.6 Å². The number of rotatable bonds is 5. The molecule has 2 aromatic rings. The van der Waals surface area contributed by atoms with Crippen LogP contribution in [-0.4, -0.2) is 37.9 Å². The zero-order chi connectivity index (χ0) is 13.2. The van der Waals surface area contributed by atoms with Crippen molar-refractivity contribution in [2.45, 2.75) is 6.42 Å². The molecule has 0 aliphatic carbocycles. The van der Waals surface area contributed by atoms with Gasteiger partial charge in [0.05, 0.1) is 0 Å². The van der Waals surface area contributed by atoms with Crippen molar-refractivity contribution in [1.82, 2.24) is 10.0 Å². The summed E-state index contributed by atoms with van der Waals surface area (Å²) in [5, 5.41) is 11.1. The van der Waals surface area contributed by atoms with E-state index in [0.29, 0.717) is 11.5 Å². The molecule has 1 heterocycles. The zero-order valence-electron chi connectivity index (χ0n) is 9.65. The molecule has 1 aromatic carbocycles. The summed E-state index contributed by atoms with van der Waals surface area (Å²) in [6, 6.07) is 7.76. The molecule has 4 N–H and O–H groups in total. The molecule has 0 aliphatic rings. The van der Waals surface area contributed by atoms with Gasteiger partial charge in [-0.05, 0) is 18.1 Å². The van der Waals surface area contributed by atoms with Crippen LogP contribution in [0.5, 0.6) is 0 Å². The average molecular weight is 270 g/mol. The Kier molecular flexibility index (Phi) is 3.85. The Hall–Kier alpha value is -1.17. The third kappa shape index (κ3) is 3.41. The van der Waals surface area contributed by atoms with Gasteiger partial charge in [-0.15, -0.1) is 0 Å². The number of benzene rings is 1. The van der Waals surface area contributed by atoms with Crippen LogP contribution < -0.4 is 0 Å². The van der Waals surface area contributed by atoms with Gasteiger partial charge in [-0.25, -0.2) is 0 Å². The molecule has 6 nitrogen and oxygen atoms in total. The van der Waals surface area contributed by atoms with Gasteiger partial charge in [0, 0.05) is 23.6 Å². The fourth-order valence-electron chi connectivity index (χ4n) is 1.87. The van der Waals surface area contributed by atoms with E-state index in [1.807, 2.05) is 30.5 Å². The molecule has 0 saturated carbocycles. The van der Waals surface area contributed by atoms with Gasteiger partial charge in [-0.1, -0.05) is 18.2 Å². The highest BCUT2D eigenvalue weighted by molar-refractivity contribution is 7.51. The lowest BCUT2D eigenvalue weighted by atomic mass is 10.1. The molecule has 7 heteroatoms. The number of nitrogens with zero attached hydrogens (tertiary/aromatic N) is 1. The van der Waals surface area contributed by atoms with E-state index in [1.165, 1.54) is 0 Å². The van der Waals surface area contributed by atoms with Gasteiger partial charge < -0.3 is 20.0 Å². The predicted octanol–water partition coefficient (Wildman–Crippen LogP) is 1.54. The van der Waals surface area contributed by atoms with Crippen LogP contribution in [0.15, 0.2) is 30.5 Å². The van der Waals surface area contributed by atoms with E-state index in [2.05, 4.69) is 4.98 Å². The third-order valence-electron chi connectivity index (χ3n) is 2.66. The Morgan fingerprint density at radius 1 is 1.28 bits per heavy atom. The first-order chi connectivity index (χ1) is 8.46. The highest BCUT2D eigenvalue weighted by Gasteiger charge is 2.17. The highest BCUT2D eigenvalue weighted by Crippen LogP contribution is 2.34. The molecule has 0 saturated heterocycles. The van der Waals surface area contributed by atoms with E-state index in [4.69, 9.17) is 9.79 Å². The van der Waals surface area contributed by atoms with Crippen molar-refractivity contribution in [2.24, 2.45) is 0 Å². The number of hydroxylamine groups is 2. The fourth-order valence-corrected chi connectivity index (χ4v) is 2.44. The molecule has 0 radical (unpaired) electrons. The lowest BCUT2D eigenvalue weighted by molar-refractivity contribution is -0.0759. The second-order valence-electron chi connectivity index (χ2n) is 4.15.